The lowest BCUT2D eigenvalue weighted by atomic mass is 9.75. The average molecular weight is 320 g/mol. The lowest BCUT2D eigenvalue weighted by Gasteiger charge is -2.51. The zero-order chi connectivity index (χ0) is 16.1. The fourth-order valence-corrected chi connectivity index (χ4v) is 5.22. The maximum atomic E-state index is 4.52. The molecule has 0 aliphatic carbocycles. The van der Waals surface area contributed by atoms with Crippen LogP contribution in [0, 0.1) is 12.8 Å². The second kappa shape index (κ2) is 5.55. The summed E-state index contributed by atoms with van der Waals surface area (Å²) in [7, 11) is 0. The third-order valence-electron chi connectivity index (χ3n) is 6.30. The highest BCUT2D eigenvalue weighted by molar-refractivity contribution is 5.46. The van der Waals surface area contributed by atoms with Crippen LogP contribution in [0.15, 0.2) is 42.5 Å². The molecule has 4 aliphatic heterocycles. The van der Waals surface area contributed by atoms with Crippen LogP contribution in [0.5, 0.6) is 0 Å². The van der Waals surface area contributed by atoms with E-state index in [1.54, 1.807) is 0 Å². The van der Waals surface area contributed by atoms with Gasteiger partial charge in [0.1, 0.15) is 0 Å². The zero-order valence-electron chi connectivity index (χ0n) is 14.2. The zero-order valence-corrected chi connectivity index (χ0v) is 14.2. The molecule has 1 aromatic carbocycles. The topological polar surface area (TPSA) is 32.3 Å². The first-order chi connectivity index (χ1) is 11.8. The van der Waals surface area contributed by atoms with E-state index in [4.69, 9.17) is 0 Å². The number of aromatic nitrogens is 2. The minimum absolute atomic E-state index is 0.572. The number of benzene rings is 1. The van der Waals surface area contributed by atoms with Crippen LogP contribution >= 0.6 is 0 Å². The van der Waals surface area contributed by atoms with Crippen molar-refractivity contribution in [3.8, 4) is 0 Å². The molecule has 0 unspecified atom stereocenters. The summed E-state index contributed by atoms with van der Waals surface area (Å²) in [6.07, 6.45) is 2.66. The van der Waals surface area contributed by atoms with E-state index in [0.717, 1.165) is 24.0 Å². The van der Waals surface area contributed by atoms with Gasteiger partial charge in [0.05, 0.1) is 5.69 Å². The van der Waals surface area contributed by atoms with Crippen LogP contribution in [0.3, 0.4) is 0 Å². The highest BCUT2D eigenvalue weighted by atomic mass is 15.4. The first-order valence-corrected chi connectivity index (χ1v) is 9.17. The molecular formula is C20H24N4. The minimum Gasteiger partial charge on any atom is -0.350 e. The molecule has 3 atom stereocenters. The summed E-state index contributed by atoms with van der Waals surface area (Å²) < 4.78 is 0. The van der Waals surface area contributed by atoms with Gasteiger partial charge in [-0.3, -0.25) is 4.90 Å². The van der Waals surface area contributed by atoms with Gasteiger partial charge in [0.25, 0.3) is 0 Å². The highest BCUT2D eigenvalue weighted by Gasteiger charge is 2.53. The molecule has 4 saturated heterocycles. The number of nitrogens with zero attached hydrogens (tertiary/aromatic N) is 4. The number of fused-ring (bicyclic) bond motifs is 2. The van der Waals surface area contributed by atoms with Gasteiger partial charge in [-0.05, 0) is 56.5 Å². The Kier molecular flexibility index (Phi) is 3.33. The summed E-state index contributed by atoms with van der Waals surface area (Å²) >= 11 is 0. The molecule has 0 saturated carbocycles. The van der Waals surface area contributed by atoms with Gasteiger partial charge in [-0.25, -0.2) is 0 Å². The molecule has 0 amide bonds. The normalized spacial score (nSPS) is 34.4. The molecular weight excluding hydrogens is 296 g/mol. The van der Waals surface area contributed by atoms with E-state index in [1.807, 2.05) is 6.92 Å². The van der Waals surface area contributed by atoms with Crippen molar-refractivity contribution < 1.29 is 0 Å². The van der Waals surface area contributed by atoms with E-state index in [2.05, 4.69) is 62.5 Å². The lowest BCUT2D eigenvalue weighted by molar-refractivity contribution is 0.0354. The summed E-state index contributed by atoms with van der Waals surface area (Å²) in [5.74, 6) is 2.43. The Bertz CT molecular complexity index is 706. The van der Waals surface area contributed by atoms with Gasteiger partial charge in [0.15, 0.2) is 5.82 Å². The van der Waals surface area contributed by atoms with E-state index in [-0.39, 0.29) is 0 Å². The van der Waals surface area contributed by atoms with Gasteiger partial charge in [-0.2, -0.15) is 5.10 Å². The van der Waals surface area contributed by atoms with Crippen LogP contribution in [0.1, 0.15) is 30.0 Å². The number of anilines is 1. The second-order valence-corrected chi connectivity index (χ2v) is 7.56. The Hall–Kier alpha value is -1.94. The summed E-state index contributed by atoms with van der Waals surface area (Å²) in [5, 5.41) is 8.84. The SMILES string of the molecule is Cc1ccc(N2C[C@H](c3ccccc3)[C@@H]3[C@H]2C2CCN3CC2)nn1. The molecule has 4 nitrogen and oxygen atoms in total. The van der Waals surface area contributed by atoms with Gasteiger partial charge in [-0.1, -0.05) is 30.3 Å². The molecule has 124 valence electrons. The van der Waals surface area contributed by atoms with E-state index in [0.29, 0.717) is 18.0 Å². The molecule has 4 aliphatic rings. The van der Waals surface area contributed by atoms with Gasteiger partial charge < -0.3 is 4.90 Å². The number of aryl methyl sites for hydroxylation is 1. The molecule has 0 radical (unpaired) electrons. The second-order valence-electron chi connectivity index (χ2n) is 7.56. The summed E-state index contributed by atoms with van der Waals surface area (Å²) in [5.41, 5.74) is 2.46. The number of hydrogen-bond acceptors (Lipinski definition) is 4. The molecule has 0 spiro atoms. The van der Waals surface area contributed by atoms with Crippen LogP contribution in [0.4, 0.5) is 5.82 Å². The molecule has 4 fully saturated rings. The lowest BCUT2D eigenvalue weighted by Crippen LogP contribution is -2.60. The van der Waals surface area contributed by atoms with Crippen molar-refractivity contribution in [3.05, 3.63) is 53.7 Å². The largest absolute Gasteiger partial charge is 0.350 e. The summed E-state index contributed by atoms with van der Waals surface area (Å²) in [6.45, 7) is 5.60. The van der Waals surface area contributed by atoms with Crippen LogP contribution in [0.25, 0.3) is 0 Å². The monoisotopic (exact) mass is 320 g/mol. The fraction of sp³-hybridized carbons (Fsp3) is 0.500. The van der Waals surface area contributed by atoms with Crippen LogP contribution in [-0.2, 0) is 0 Å². The maximum Gasteiger partial charge on any atom is 0.151 e. The first-order valence-electron chi connectivity index (χ1n) is 9.17. The number of piperidine rings is 3. The summed E-state index contributed by atoms with van der Waals surface area (Å²) in [6, 6.07) is 16.5. The van der Waals surface area contributed by atoms with Crippen molar-refractivity contribution in [1.82, 2.24) is 15.1 Å². The van der Waals surface area contributed by atoms with Gasteiger partial charge in [0.2, 0.25) is 0 Å². The van der Waals surface area contributed by atoms with Crippen LogP contribution in [0.2, 0.25) is 0 Å². The third-order valence-corrected chi connectivity index (χ3v) is 6.30. The smallest absolute Gasteiger partial charge is 0.151 e. The van der Waals surface area contributed by atoms with Gasteiger partial charge in [0, 0.05) is 24.5 Å². The predicted molar refractivity (Wildman–Crippen MR) is 95.2 cm³/mol. The van der Waals surface area contributed by atoms with Crippen molar-refractivity contribution in [2.24, 2.45) is 5.92 Å². The Balaban J connectivity index is 1.56. The molecule has 24 heavy (non-hydrogen) atoms. The van der Waals surface area contributed by atoms with Gasteiger partial charge >= 0.3 is 0 Å². The molecule has 5 heterocycles. The van der Waals surface area contributed by atoms with Crippen LogP contribution in [-0.4, -0.2) is 46.8 Å². The van der Waals surface area contributed by atoms with E-state index < -0.39 is 0 Å². The van der Waals surface area contributed by atoms with E-state index in [1.165, 1.54) is 31.5 Å². The number of hydrogen-bond donors (Lipinski definition) is 0. The van der Waals surface area contributed by atoms with Gasteiger partial charge in [-0.15, -0.1) is 5.10 Å². The van der Waals surface area contributed by atoms with Crippen molar-refractivity contribution in [2.45, 2.75) is 37.8 Å². The van der Waals surface area contributed by atoms with Crippen LogP contribution < -0.4 is 4.90 Å². The van der Waals surface area contributed by atoms with E-state index >= 15 is 0 Å². The van der Waals surface area contributed by atoms with Crippen molar-refractivity contribution in [2.75, 3.05) is 24.5 Å². The Morgan fingerprint density at radius 1 is 0.917 bits per heavy atom. The minimum atomic E-state index is 0.572. The Labute approximate surface area is 143 Å². The number of rotatable bonds is 2. The molecule has 0 N–H and O–H groups in total. The fourth-order valence-electron chi connectivity index (χ4n) is 5.22. The van der Waals surface area contributed by atoms with E-state index in [9.17, 15) is 0 Å². The van der Waals surface area contributed by atoms with Crippen molar-refractivity contribution in [1.29, 1.82) is 0 Å². The Morgan fingerprint density at radius 2 is 1.71 bits per heavy atom. The summed E-state index contributed by atoms with van der Waals surface area (Å²) in [4.78, 5) is 5.30. The Morgan fingerprint density at radius 3 is 2.42 bits per heavy atom. The molecule has 4 heteroatoms. The van der Waals surface area contributed by atoms with Crippen molar-refractivity contribution in [3.63, 3.8) is 0 Å². The van der Waals surface area contributed by atoms with Crippen molar-refractivity contribution >= 4 is 5.82 Å². The maximum absolute atomic E-state index is 4.52. The standard InChI is InChI=1S/C20H24N4/c1-14-7-8-18(22-21-14)24-13-17(15-5-3-2-4-6-15)20-19(24)16-9-11-23(20)12-10-16/h2-8,16-17,19-20H,9-13H2,1H3/t17-,19-,20-/m1/s1. The third kappa shape index (κ3) is 2.16. The quantitative estimate of drug-likeness (QED) is 0.852. The molecule has 2 aromatic rings. The molecule has 1 aromatic heterocycles. The molecule has 2 bridgehead atoms. The molecule has 6 rings (SSSR count). The first kappa shape index (κ1) is 14.4. The highest BCUT2D eigenvalue weighted by Crippen LogP contribution is 2.47. The predicted octanol–water partition coefficient (Wildman–Crippen LogP) is 2.85. The average Bonchev–Trinajstić information content (AvgIpc) is 3.07.